The van der Waals surface area contributed by atoms with Crippen LogP contribution in [0.25, 0.3) is 10.4 Å². The molecule has 1 unspecified atom stereocenters. The highest BCUT2D eigenvalue weighted by atomic mass is 32.2. The Morgan fingerprint density at radius 3 is 2.74 bits per heavy atom. The molecular formula is C19H16N2O4S2. The minimum absolute atomic E-state index is 0.0750. The van der Waals surface area contributed by atoms with Crippen molar-refractivity contribution < 1.29 is 18.3 Å². The number of pyridine rings is 1. The predicted octanol–water partition coefficient (Wildman–Crippen LogP) is 2.94. The van der Waals surface area contributed by atoms with E-state index in [0.717, 1.165) is 14.7 Å². The maximum Gasteiger partial charge on any atom is 0.244 e. The van der Waals surface area contributed by atoms with Crippen LogP contribution in [0.1, 0.15) is 16.5 Å². The van der Waals surface area contributed by atoms with Gasteiger partial charge >= 0.3 is 0 Å². The molecule has 0 fully saturated rings. The third-order valence-corrected chi connectivity index (χ3v) is 7.21. The van der Waals surface area contributed by atoms with Crippen molar-refractivity contribution in [2.24, 2.45) is 0 Å². The van der Waals surface area contributed by atoms with Gasteiger partial charge in [0.05, 0.1) is 12.0 Å². The number of nitrogens with zero attached hydrogens (tertiary/aromatic N) is 2. The van der Waals surface area contributed by atoms with Crippen LogP contribution in [-0.4, -0.2) is 36.5 Å². The summed E-state index contributed by atoms with van der Waals surface area (Å²) in [5.74, 6) is 0.571. The number of methoxy groups -OCH3 is 1. The van der Waals surface area contributed by atoms with Gasteiger partial charge in [0.15, 0.2) is 0 Å². The summed E-state index contributed by atoms with van der Waals surface area (Å²) in [5.41, 5.74) is 1.49. The number of hydrogen-bond donors (Lipinski definition) is 1. The lowest BCUT2D eigenvalue weighted by atomic mass is 10.1. The number of aliphatic hydroxyl groups is 1. The van der Waals surface area contributed by atoms with Gasteiger partial charge in [0, 0.05) is 34.3 Å². The molecule has 0 saturated heterocycles. The van der Waals surface area contributed by atoms with Crippen LogP contribution in [0.15, 0.2) is 59.8 Å². The van der Waals surface area contributed by atoms with Gasteiger partial charge in [0.25, 0.3) is 0 Å². The van der Waals surface area contributed by atoms with E-state index in [1.807, 2.05) is 18.2 Å². The molecule has 0 aliphatic carbocycles. The molecule has 8 heteroatoms. The van der Waals surface area contributed by atoms with Gasteiger partial charge in [0.1, 0.15) is 18.4 Å². The molecule has 27 heavy (non-hydrogen) atoms. The number of hydrogen-bond acceptors (Lipinski definition) is 6. The molecule has 0 bridgehead atoms. The Labute approximate surface area is 161 Å². The topological polar surface area (TPSA) is 79.7 Å². The number of ether oxygens (including phenoxy) is 1. The van der Waals surface area contributed by atoms with Crippen LogP contribution < -0.4 is 4.74 Å². The van der Waals surface area contributed by atoms with E-state index in [1.54, 1.807) is 24.5 Å². The van der Waals surface area contributed by atoms with Crippen molar-refractivity contribution in [2.45, 2.75) is 11.0 Å². The van der Waals surface area contributed by atoms with Crippen LogP contribution in [0.3, 0.4) is 0 Å². The van der Waals surface area contributed by atoms with E-state index in [9.17, 15) is 13.5 Å². The number of aromatic nitrogens is 1. The van der Waals surface area contributed by atoms with Crippen LogP contribution >= 0.6 is 11.3 Å². The fourth-order valence-electron chi connectivity index (χ4n) is 2.84. The fraction of sp³-hybridized carbons (Fsp3) is 0.158. The molecule has 0 amide bonds. The van der Waals surface area contributed by atoms with Crippen molar-refractivity contribution in [3.63, 3.8) is 0 Å². The van der Waals surface area contributed by atoms with Gasteiger partial charge in [-0.15, -0.1) is 11.3 Å². The maximum absolute atomic E-state index is 12.9. The first-order chi connectivity index (χ1) is 13.0. The van der Waals surface area contributed by atoms with Gasteiger partial charge in [-0.25, -0.2) is 8.42 Å². The predicted molar refractivity (Wildman–Crippen MR) is 102 cm³/mol. The maximum atomic E-state index is 12.9. The monoisotopic (exact) mass is 400 g/mol. The molecule has 1 aliphatic heterocycles. The van der Waals surface area contributed by atoms with Crippen molar-refractivity contribution in [2.75, 3.05) is 13.7 Å². The number of aliphatic hydroxyl groups excluding tert-OH is 1. The molecule has 3 heterocycles. The summed E-state index contributed by atoms with van der Waals surface area (Å²) in [6.07, 6.45) is 2.51. The highest BCUT2D eigenvalue weighted by molar-refractivity contribution is 7.89. The molecule has 1 aromatic carbocycles. The second-order valence-electron chi connectivity index (χ2n) is 5.97. The smallest absolute Gasteiger partial charge is 0.244 e. The summed E-state index contributed by atoms with van der Waals surface area (Å²) >= 11 is 1.42. The van der Waals surface area contributed by atoms with Gasteiger partial charge in [-0.05, 0) is 42.0 Å². The lowest BCUT2D eigenvalue weighted by Gasteiger charge is -2.28. The van der Waals surface area contributed by atoms with Gasteiger partial charge in [-0.1, -0.05) is 6.07 Å². The quantitative estimate of drug-likeness (QED) is 0.728. The van der Waals surface area contributed by atoms with Gasteiger partial charge in [0.2, 0.25) is 10.0 Å². The van der Waals surface area contributed by atoms with Crippen molar-refractivity contribution in [1.82, 2.24) is 9.29 Å². The summed E-state index contributed by atoms with van der Waals surface area (Å²) in [4.78, 5) is 5.83. The third-order valence-electron chi connectivity index (χ3n) is 4.24. The minimum atomic E-state index is -3.82. The van der Waals surface area contributed by atoms with Crippen LogP contribution in [0.2, 0.25) is 0 Å². The lowest BCUT2D eigenvalue weighted by molar-refractivity contribution is 0.151. The average molecular weight is 400 g/mol. The lowest BCUT2D eigenvalue weighted by Crippen LogP contribution is -2.36. The Bertz CT molecular complexity index is 1050. The molecule has 0 saturated carbocycles. The highest BCUT2D eigenvalue weighted by Crippen LogP contribution is 2.40. The Morgan fingerprint density at radius 1 is 1.30 bits per heavy atom. The number of β-amino-alcohol motifs (C(OH)–C–C–N with tert-alkyl or cyclic N) is 1. The van der Waals surface area contributed by atoms with Crippen molar-refractivity contribution in [3.05, 3.63) is 71.8 Å². The highest BCUT2D eigenvalue weighted by Gasteiger charge is 2.35. The third kappa shape index (κ3) is 3.37. The Morgan fingerprint density at radius 2 is 2.07 bits per heavy atom. The standard InChI is InChI=1S/C19H16N2O4S2/c1-25-15-4-6-16(7-5-15)27(23,24)21-11-14-9-18(13-3-2-8-20-10-13)26-19(14)17(22)12-21/h2-10,17,22H,12H2,1H3. The SMILES string of the molecule is COc1ccc(S(=O)(=O)N2[C]c3cc(-c4cccnc4)sc3C(O)C2)cc1. The fourth-order valence-corrected chi connectivity index (χ4v) is 5.21. The normalized spacial score (nSPS) is 17.5. The summed E-state index contributed by atoms with van der Waals surface area (Å²) in [6.45, 7) is 2.85. The van der Waals surface area contributed by atoms with Crippen molar-refractivity contribution in [3.8, 4) is 16.2 Å². The number of benzene rings is 1. The van der Waals surface area contributed by atoms with E-state index in [1.165, 1.54) is 30.6 Å². The van der Waals surface area contributed by atoms with Crippen LogP contribution in [0, 0.1) is 6.54 Å². The Balaban J connectivity index is 1.65. The number of sulfonamides is 1. The van der Waals surface area contributed by atoms with E-state index >= 15 is 0 Å². The van der Waals surface area contributed by atoms with Gasteiger partial charge in [-0.3, -0.25) is 4.98 Å². The number of thiophene rings is 1. The van der Waals surface area contributed by atoms with E-state index in [-0.39, 0.29) is 11.4 Å². The molecule has 4 rings (SSSR count). The average Bonchev–Trinajstić information content (AvgIpc) is 3.14. The molecular weight excluding hydrogens is 384 g/mol. The van der Waals surface area contributed by atoms with Crippen molar-refractivity contribution in [1.29, 1.82) is 0 Å². The first-order valence-corrected chi connectivity index (χ1v) is 10.4. The van der Waals surface area contributed by atoms with Crippen LogP contribution in [0.5, 0.6) is 5.75 Å². The summed E-state index contributed by atoms with van der Waals surface area (Å²) in [7, 11) is -2.30. The largest absolute Gasteiger partial charge is 0.497 e. The molecule has 1 atom stereocenters. The molecule has 138 valence electrons. The first-order valence-electron chi connectivity index (χ1n) is 8.14. The second kappa shape index (κ2) is 7.05. The van der Waals surface area contributed by atoms with Crippen LogP contribution in [-0.2, 0) is 10.0 Å². The number of fused-ring (bicyclic) bond motifs is 1. The van der Waals surface area contributed by atoms with Gasteiger partial charge < -0.3 is 9.84 Å². The number of rotatable bonds is 4. The zero-order valence-electron chi connectivity index (χ0n) is 14.4. The first kappa shape index (κ1) is 18.1. The zero-order valence-corrected chi connectivity index (χ0v) is 16.0. The molecule has 1 N–H and O–H groups in total. The van der Waals surface area contributed by atoms with Gasteiger partial charge in [-0.2, -0.15) is 4.31 Å². The Hall–Kier alpha value is -2.26. The van der Waals surface area contributed by atoms with E-state index in [0.29, 0.717) is 16.2 Å². The molecule has 6 nitrogen and oxygen atoms in total. The molecule has 1 aliphatic rings. The summed E-state index contributed by atoms with van der Waals surface area (Å²) in [6, 6.07) is 11.7. The molecule has 0 spiro atoms. The van der Waals surface area contributed by atoms with Crippen LogP contribution in [0.4, 0.5) is 0 Å². The molecule has 2 aromatic heterocycles. The molecule has 3 aromatic rings. The van der Waals surface area contributed by atoms with E-state index in [2.05, 4.69) is 11.5 Å². The molecule has 2 radical (unpaired) electrons. The van der Waals surface area contributed by atoms with E-state index < -0.39 is 16.1 Å². The summed E-state index contributed by atoms with van der Waals surface area (Å²) < 4.78 is 32.0. The zero-order chi connectivity index (χ0) is 19.0. The minimum Gasteiger partial charge on any atom is -0.497 e. The Kier molecular flexibility index (Phi) is 4.73. The van der Waals surface area contributed by atoms with Crippen molar-refractivity contribution >= 4 is 21.4 Å². The second-order valence-corrected chi connectivity index (χ2v) is 8.92. The van der Waals surface area contributed by atoms with E-state index in [4.69, 9.17) is 4.74 Å². The summed E-state index contributed by atoms with van der Waals surface area (Å²) in [5, 5.41) is 10.5.